The Bertz CT molecular complexity index is 393. The van der Waals surface area contributed by atoms with Crippen LogP contribution in [0, 0.1) is 12.3 Å². The van der Waals surface area contributed by atoms with Gasteiger partial charge in [-0.05, 0) is 42.5 Å². The van der Waals surface area contributed by atoms with Crippen LogP contribution in [-0.4, -0.2) is 25.1 Å². The molecule has 0 bridgehead atoms. The molecule has 0 aliphatic carbocycles. The molecule has 0 fully saturated rings. The van der Waals surface area contributed by atoms with Crippen LogP contribution in [0.4, 0.5) is 5.82 Å². The standard InChI is InChI=1S/C16H29N3/c1-7-8-17-10-14-9-13(2)15(18-11-14)19(6)12-16(3,4)5/h9,11,17H,7-8,10,12H2,1-6H3. The second-order valence-corrected chi connectivity index (χ2v) is 6.58. The molecule has 1 aromatic heterocycles. The lowest BCUT2D eigenvalue weighted by Crippen LogP contribution is -2.30. The first-order chi connectivity index (χ1) is 8.83. The molecule has 0 aliphatic rings. The van der Waals surface area contributed by atoms with Gasteiger partial charge in [0.05, 0.1) is 0 Å². The summed E-state index contributed by atoms with van der Waals surface area (Å²) < 4.78 is 0. The molecule has 1 heterocycles. The molecule has 0 aliphatic heterocycles. The molecule has 3 heteroatoms. The van der Waals surface area contributed by atoms with E-state index in [1.54, 1.807) is 0 Å². The Morgan fingerprint density at radius 3 is 2.53 bits per heavy atom. The highest BCUT2D eigenvalue weighted by Gasteiger charge is 2.16. The molecule has 1 aromatic rings. The molecule has 3 nitrogen and oxygen atoms in total. The molecule has 0 amide bonds. The van der Waals surface area contributed by atoms with Crippen molar-refractivity contribution in [2.45, 2.75) is 47.6 Å². The van der Waals surface area contributed by atoms with Gasteiger partial charge in [-0.25, -0.2) is 4.98 Å². The Morgan fingerprint density at radius 1 is 1.32 bits per heavy atom. The summed E-state index contributed by atoms with van der Waals surface area (Å²) in [5, 5.41) is 3.41. The Morgan fingerprint density at radius 2 is 2.00 bits per heavy atom. The van der Waals surface area contributed by atoms with E-state index in [-0.39, 0.29) is 5.41 Å². The van der Waals surface area contributed by atoms with Crippen LogP contribution in [0.2, 0.25) is 0 Å². The van der Waals surface area contributed by atoms with Gasteiger partial charge in [-0.1, -0.05) is 27.7 Å². The van der Waals surface area contributed by atoms with Crippen LogP contribution in [0.25, 0.3) is 0 Å². The highest BCUT2D eigenvalue weighted by Crippen LogP contribution is 2.21. The molecule has 1 rings (SSSR count). The van der Waals surface area contributed by atoms with Crippen molar-refractivity contribution in [3.8, 4) is 0 Å². The number of aryl methyl sites for hydroxylation is 1. The zero-order valence-corrected chi connectivity index (χ0v) is 13.4. The van der Waals surface area contributed by atoms with Gasteiger partial charge in [0.1, 0.15) is 5.82 Å². The number of hydrogen-bond acceptors (Lipinski definition) is 3. The zero-order chi connectivity index (χ0) is 14.5. The van der Waals surface area contributed by atoms with Crippen LogP contribution in [-0.2, 0) is 6.54 Å². The van der Waals surface area contributed by atoms with E-state index >= 15 is 0 Å². The Hall–Kier alpha value is -1.09. The van der Waals surface area contributed by atoms with Crippen molar-refractivity contribution >= 4 is 5.82 Å². The van der Waals surface area contributed by atoms with Gasteiger partial charge >= 0.3 is 0 Å². The molecule has 0 saturated heterocycles. The number of anilines is 1. The molecule has 19 heavy (non-hydrogen) atoms. The lowest BCUT2D eigenvalue weighted by Gasteiger charge is -2.28. The molecule has 0 spiro atoms. The zero-order valence-electron chi connectivity index (χ0n) is 13.4. The minimum absolute atomic E-state index is 0.282. The van der Waals surface area contributed by atoms with E-state index in [1.807, 2.05) is 6.20 Å². The van der Waals surface area contributed by atoms with Crippen molar-refractivity contribution in [1.29, 1.82) is 0 Å². The Labute approximate surface area is 118 Å². The largest absolute Gasteiger partial charge is 0.359 e. The minimum atomic E-state index is 0.282. The van der Waals surface area contributed by atoms with E-state index < -0.39 is 0 Å². The Balaban J connectivity index is 2.71. The average molecular weight is 263 g/mol. The van der Waals surface area contributed by atoms with E-state index in [4.69, 9.17) is 0 Å². The molecule has 0 radical (unpaired) electrons. The third-order valence-corrected chi connectivity index (χ3v) is 2.94. The summed E-state index contributed by atoms with van der Waals surface area (Å²) in [4.78, 5) is 6.88. The fourth-order valence-electron chi connectivity index (χ4n) is 2.32. The van der Waals surface area contributed by atoms with Crippen LogP contribution in [0.3, 0.4) is 0 Å². The number of hydrogen-bond donors (Lipinski definition) is 1. The van der Waals surface area contributed by atoms with Gasteiger partial charge in [0, 0.05) is 26.3 Å². The summed E-state index contributed by atoms with van der Waals surface area (Å²) in [5.41, 5.74) is 2.80. The van der Waals surface area contributed by atoms with Crippen molar-refractivity contribution in [3.63, 3.8) is 0 Å². The first-order valence-electron chi connectivity index (χ1n) is 7.21. The first kappa shape index (κ1) is 16.0. The van der Waals surface area contributed by atoms with Gasteiger partial charge in [-0.15, -0.1) is 0 Å². The Kier molecular flexibility index (Phi) is 5.80. The van der Waals surface area contributed by atoms with Crippen LogP contribution in [0.5, 0.6) is 0 Å². The average Bonchev–Trinajstić information content (AvgIpc) is 2.27. The van der Waals surface area contributed by atoms with Gasteiger partial charge in [-0.2, -0.15) is 0 Å². The highest BCUT2D eigenvalue weighted by atomic mass is 15.2. The summed E-state index contributed by atoms with van der Waals surface area (Å²) in [5.74, 6) is 1.09. The number of rotatable bonds is 6. The van der Waals surface area contributed by atoms with Crippen LogP contribution in [0.15, 0.2) is 12.3 Å². The van der Waals surface area contributed by atoms with E-state index in [0.717, 1.165) is 25.5 Å². The van der Waals surface area contributed by atoms with Gasteiger partial charge in [0.15, 0.2) is 0 Å². The molecular formula is C16H29N3. The smallest absolute Gasteiger partial charge is 0.131 e. The van der Waals surface area contributed by atoms with Crippen LogP contribution < -0.4 is 10.2 Å². The molecule has 0 unspecified atom stereocenters. The number of nitrogens with one attached hydrogen (secondary N) is 1. The number of aromatic nitrogens is 1. The summed E-state index contributed by atoms with van der Waals surface area (Å²) >= 11 is 0. The fourth-order valence-corrected chi connectivity index (χ4v) is 2.32. The topological polar surface area (TPSA) is 28.2 Å². The maximum Gasteiger partial charge on any atom is 0.131 e. The highest BCUT2D eigenvalue weighted by molar-refractivity contribution is 5.46. The van der Waals surface area contributed by atoms with Crippen molar-refractivity contribution in [2.24, 2.45) is 5.41 Å². The first-order valence-corrected chi connectivity index (χ1v) is 7.21. The lowest BCUT2D eigenvalue weighted by atomic mass is 9.96. The van der Waals surface area contributed by atoms with Crippen molar-refractivity contribution in [1.82, 2.24) is 10.3 Å². The maximum absolute atomic E-state index is 4.63. The SMILES string of the molecule is CCCNCc1cnc(N(C)CC(C)(C)C)c(C)c1. The summed E-state index contributed by atoms with van der Waals surface area (Å²) in [6.07, 6.45) is 3.16. The lowest BCUT2D eigenvalue weighted by molar-refractivity contribution is 0.417. The predicted octanol–water partition coefficient (Wildman–Crippen LogP) is 3.37. The third kappa shape index (κ3) is 5.60. The van der Waals surface area contributed by atoms with Crippen molar-refractivity contribution in [3.05, 3.63) is 23.4 Å². The maximum atomic E-state index is 4.63. The summed E-state index contributed by atoms with van der Waals surface area (Å²) in [6, 6.07) is 2.24. The summed E-state index contributed by atoms with van der Waals surface area (Å²) in [7, 11) is 2.12. The van der Waals surface area contributed by atoms with Crippen LogP contribution in [0.1, 0.15) is 45.2 Å². The molecule has 0 atom stereocenters. The fraction of sp³-hybridized carbons (Fsp3) is 0.688. The van der Waals surface area contributed by atoms with E-state index in [9.17, 15) is 0 Å². The van der Waals surface area contributed by atoms with Gasteiger partial charge in [0.2, 0.25) is 0 Å². The van der Waals surface area contributed by atoms with Gasteiger partial charge < -0.3 is 10.2 Å². The summed E-state index contributed by atoms with van der Waals surface area (Å²) in [6.45, 7) is 14.1. The van der Waals surface area contributed by atoms with Crippen molar-refractivity contribution < 1.29 is 0 Å². The second-order valence-electron chi connectivity index (χ2n) is 6.58. The van der Waals surface area contributed by atoms with Gasteiger partial charge in [-0.3, -0.25) is 0 Å². The van der Waals surface area contributed by atoms with Gasteiger partial charge in [0.25, 0.3) is 0 Å². The third-order valence-electron chi connectivity index (χ3n) is 2.94. The molecule has 0 saturated carbocycles. The molecule has 108 valence electrons. The number of pyridine rings is 1. The minimum Gasteiger partial charge on any atom is -0.359 e. The quantitative estimate of drug-likeness (QED) is 0.798. The second kappa shape index (κ2) is 6.90. The molecule has 0 aromatic carbocycles. The van der Waals surface area contributed by atoms with E-state index in [1.165, 1.54) is 17.5 Å². The normalized spacial score (nSPS) is 11.7. The molecule has 1 N–H and O–H groups in total. The van der Waals surface area contributed by atoms with Crippen LogP contribution >= 0.6 is 0 Å². The molecular weight excluding hydrogens is 234 g/mol. The predicted molar refractivity (Wildman–Crippen MR) is 83.7 cm³/mol. The van der Waals surface area contributed by atoms with E-state index in [0.29, 0.717) is 0 Å². The van der Waals surface area contributed by atoms with E-state index in [2.05, 4.69) is 62.9 Å². The monoisotopic (exact) mass is 263 g/mol. The van der Waals surface area contributed by atoms with Crippen molar-refractivity contribution in [2.75, 3.05) is 25.0 Å². The number of nitrogens with zero attached hydrogens (tertiary/aromatic N) is 2.